The SMILES string of the molecule is CSCCC(N)C(=O)NC(Cc1ccccc1)C(=O)NC(CC(C)C)C(=O)NC(CCCCN)C(=O)O. The lowest BCUT2D eigenvalue weighted by Gasteiger charge is -2.26. The van der Waals surface area contributed by atoms with Gasteiger partial charge in [-0.15, -0.1) is 0 Å². The molecule has 0 fully saturated rings. The normalized spacial score (nSPS) is 14.3. The van der Waals surface area contributed by atoms with Crippen molar-refractivity contribution in [2.45, 2.75) is 76.5 Å². The van der Waals surface area contributed by atoms with Gasteiger partial charge in [0.15, 0.2) is 0 Å². The van der Waals surface area contributed by atoms with E-state index in [1.54, 1.807) is 11.8 Å². The fraction of sp³-hybridized carbons (Fsp3) is 0.615. The fourth-order valence-electron chi connectivity index (χ4n) is 3.71. The van der Waals surface area contributed by atoms with Crippen LogP contribution in [0.5, 0.6) is 0 Å². The van der Waals surface area contributed by atoms with Crippen molar-refractivity contribution < 1.29 is 24.3 Å². The lowest BCUT2D eigenvalue weighted by molar-refractivity contribution is -0.142. The Balaban J connectivity index is 3.04. The molecule has 4 atom stereocenters. The molecule has 1 aromatic carbocycles. The van der Waals surface area contributed by atoms with E-state index in [-0.39, 0.29) is 18.8 Å². The van der Waals surface area contributed by atoms with Crippen LogP contribution in [-0.4, -0.2) is 71.5 Å². The molecule has 0 radical (unpaired) electrons. The summed E-state index contributed by atoms with van der Waals surface area (Å²) in [6.07, 6.45) is 4.32. The van der Waals surface area contributed by atoms with Gasteiger partial charge in [0, 0.05) is 6.42 Å². The van der Waals surface area contributed by atoms with Crippen LogP contribution in [0.25, 0.3) is 0 Å². The molecule has 3 amide bonds. The summed E-state index contributed by atoms with van der Waals surface area (Å²) >= 11 is 1.57. The highest BCUT2D eigenvalue weighted by Crippen LogP contribution is 2.10. The number of hydrogen-bond donors (Lipinski definition) is 6. The zero-order valence-corrected chi connectivity index (χ0v) is 22.9. The Labute approximate surface area is 224 Å². The van der Waals surface area contributed by atoms with Crippen LogP contribution in [-0.2, 0) is 25.6 Å². The molecule has 8 N–H and O–H groups in total. The molecule has 0 aromatic heterocycles. The fourth-order valence-corrected chi connectivity index (χ4v) is 4.20. The van der Waals surface area contributed by atoms with Crippen molar-refractivity contribution in [3.63, 3.8) is 0 Å². The van der Waals surface area contributed by atoms with Crippen molar-refractivity contribution in [1.29, 1.82) is 0 Å². The van der Waals surface area contributed by atoms with Crippen LogP contribution in [0.2, 0.25) is 0 Å². The highest BCUT2D eigenvalue weighted by Gasteiger charge is 2.30. The van der Waals surface area contributed by atoms with E-state index >= 15 is 0 Å². The number of unbranched alkanes of at least 4 members (excludes halogenated alkanes) is 1. The molecular formula is C26H43N5O5S. The van der Waals surface area contributed by atoms with Crippen LogP contribution < -0.4 is 27.4 Å². The van der Waals surface area contributed by atoms with E-state index < -0.39 is 47.9 Å². The lowest BCUT2D eigenvalue weighted by atomic mass is 10.00. The van der Waals surface area contributed by atoms with Gasteiger partial charge >= 0.3 is 5.97 Å². The second-order valence-corrected chi connectivity index (χ2v) is 10.5. The van der Waals surface area contributed by atoms with Crippen LogP contribution in [0.4, 0.5) is 0 Å². The Morgan fingerprint density at radius 1 is 0.892 bits per heavy atom. The molecule has 0 saturated carbocycles. The summed E-state index contributed by atoms with van der Waals surface area (Å²) in [5.41, 5.74) is 12.3. The number of carbonyl (C=O) groups is 4. The molecule has 11 heteroatoms. The summed E-state index contributed by atoms with van der Waals surface area (Å²) in [6, 6.07) is 5.43. The van der Waals surface area contributed by atoms with Crippen molar-refractivity contribution in [3.05, 3.63) is 35.9 Å². The maximum Gasteiger partial charge on any atom is 0.326 e. The van der Waals surface area contributed by atoms with Gasteiger partial charge in [0.1, 0.15) is 18.1 Å². The van der Waals surface area contributed by atoms with E-state index in [0.29, 0.717) is 38.0 Å². The number of carboxylic acids is 1. The standard InChI is InChI=1S/C26H43N5O5S/c1-17(2)15-21(24(33)29-20(26(35)36)11-7-8-13-27)31-25(34)22(16-18-9-5-4-6-10-18)30-23(32)19(28)12-14-37-3/h4-6,9-10,17,19-22H,7-8,11-16,27-28H2,1-3H3,(H,29,33)(H,30,32)(H,31,34)(H,35,36). The van der Waals surface area contributed by atoms with E-state index in [9.17, 15) is 24.3 Å². The summed E-state index contributed by atoms with van der Waals surface area (Å²) < 4.78 is 0. The quantitative estimate of drug-likeness (QED) is 0.150. The summed E-state index contributed by atoms with van der Waals surface area (Å²) in [6.45, 7) is 4.23. The van der Waals surface area contributed by atoms with Crippen molar-refractivity contribution >= 4 is 35.5 Å². The highest BCUT2D eigenvalue weighted by molar-refractivity contribution is 7.98. The van der Waals surface area contributed by atoms with E-state index in [1.807, 2.05) is 50.4 Å². The first kappa shape index (κ1) is 32.4. The van der Waals surface area contributed by atoms with Gasteiger partial charge in [-0.05, 0) is 62.1 Å². The third-order valence-electron chi connectivity index (χ3n) is 5.79. The Morgan fingerprint density at radius 2 is 1.49 bits per heavy atom. The first-order chi connectivity index (χ1) is 17.6. The number of hydrogen-bond acceptors (Lipinski definition) is 7. The molecule has 0 aliphatic heterocycles. The third-order valence-corrected chi connectivity index (χ3v) is 6.43. The largest absolute Gasteiger partial charge is 0.480 e. The van der Waals surface area contributed by atoms with Gasteiger partial charge in [-0.3, -0.25) is 14.4 Å². The summed E-state index contributed by atoms with van der Waals surface area (Å²) in [4.78, 5) is 50.8. The van der Waals surface area contributed by atoms with E-state index in [0.717, 1.165) is 5.56 Å². The minimum atomic E-state index is -1.14. The minimum Gasteiger partial charge on any atom is -0.480 e. The first-order valence-electron chi connectivity index (χ1n) is 12.7. The molecule has 10 nitrogen and oxygen atoms in total. The molecule has 4 unspecified atom stereocenters. The van der Waals surface area contributed by atoms with Gasteiger partial charge in [-0.25, -0.2) is 4.79 Å². The zero-order chi connectivity index (χ0) is 27.8. The number of nitrogens with one attached hydrogen (secondary N) is 3. The number of benzene rings is 1. The van der Waals surface area contributed by atoms with Gasteiger partial charge in [0.05, 0.1) is 6.04 Å². The molecule has 0 heterocycles. The average Bonchev–Trinajstić information content (AvgIpc) is 2.85. The summed E-state index contributed by atoms with van der Waals surface area (Å²) in [5, 5.41) is 17.6. The van der Waals surface area contributed by atoms with E-state index in [1.165, 1.54) is 0 Å². The molecule has 1 rings (SSSR count). The monoisotopic (exact) mass is 537 g/mol. The molecule has 0 bridgehead atoms. The Hall–Kier alpha value is -2.63. The van der Waals surface area contributed by atoms with Crippen LogP contribution in [0.1, 0.15) is 51.5 Å². The second kappa shape index (κ2) is 17.8. The second-order valence-electron chi connectivity index (χ2n) is 9.51. The van der Waals surface area contributed by atoms with Crippen molar-refractivity contribution in [1.82, 2.24) is 16.0 Å². The van der Waals surface area contributed by atoms with Gasteiger partial charge in [0.2, 0.25) is 17.7 Å². The Bertz CT molecular complexity index is 855. The molecule has 0 aliphatic carbocycles. The molecule has 0 aliphatic rings. The predicted octanol–water partition coefficient (Wildman–Crippen LogP) is 1.02. The smallest absolute Gasteiger partial charge is 0.326 e. The van der Waals surface area contributed by atoms with Crippen LogP contribution >= 0.6 is 11.8 Å². The number of carboxylic acid groups (broad SMARTS) is 1. The number of carbonyl (C=O) groups excluding carboxylic acids is 3. The van der Waals surface area contributed by atoms with Gasteiger partial charge < -0.3 is 32.5 Å². The molecule has 0 saturated heterocycles. The molecule has 208 valence electrons. The summed E-state index contributed by atoms with van der Waals surface area (Å²) in [7, 11) is 0. The number of thioether (sulfide) groups is 1. The topological polar surface area (TPSA) is 177 Å². The number of aliphatic carboxylic acids is 1. The molecular weight excluding hydrogens is 494 g/mol. The highest BCUT2D eigenvalue weighted by atomic mass is 32.2. The van der Waals surface area contributed by atoms with E-state index in [4.69, 9.17) is 11.5 Å². The predicted molar refractivity (Wildman–Crippen MR) is 147 cm³/mol. The maximum atomic E-state index is 13.4. The Morgan fingerprint density at radius 3 is 2.05 bits per heavy atom. The maximum absolute atomic E-state index is 13.4. The minimum absolute atomic E-state index is 0.0405. The van der Waals surface area contributed by atoms with Crippen molar-refractivity contribution in [2.24, 2.45) is 17.4 Å². The molecule has 1 aromatic rings. The van der Waals surface area contributed by atoms with Gasteiger partial charge in [-0.2, -0.15) is 11.8 Å². The van der Waals surface area contributed by atoms with Crippen molar-refractivity contribution in [2.75, 3.05) is 18.6 Å². The number of rotatable bonds is 18. The van der Waals surface area contributed by atoms with E-state index in [2.05, 4.69) is 16.0 Å². The zero-order valence-electron chi connectivity index (χ0n) is 22.1. The van der Waals surface area contributed by atoms with Crippen LogP contribution in [0.15, 0.2) is 30.3 Å². The first-order valence-corrected chi connectivity index (χ1v) is 14.1. The average molecular weight is 538 g/mol. The van der Waals surface area contributed by atoms with Crippen molar-refractivity contribution in [3.8, 4) is 0 Å². The third kappa shape index (κ3) is 12.9. The molecule has 0 spiro atoms. The molecule has 37 heavy (non-hydrogen) atoms. The number of nitrogens with two attached hydrogens (primary N) is 2. The number of amides is 3. The van der Waals surface area contributed by atoms with Crippen LogP contribution in [0, 0.1) is 5.92 Å². The van der Waals surface area contributed by atoms with Gasteiger partial charge in [0.25, 0.3) is 0 Å². The lowest BCUT2D eigenvalue weighted by Crippen LogP contribution is -2.57. The Kier molecular flexibility index (Phi) is 15.6. The summed E-state index contributed by atoms with van der Waals surface area (Å²) in [5.74, 6) is -1.96. The van der Waals surface area contributed by atoms with Crippen LogP contribution in [0.3, 0.4) is 0 Å². The van der Waals surface area contributed by atoms with Gasteiger partial charge in [-0.1, -0.05) is 44.2 Å².